The molecule has 1 aromatic carbocycles. The quantitative estimate of drug-likeness (QED) is 0.750. The Morgan fingerprint density at radius 3 is 2.57 bits per heavy atom. The van der Waals surface area contributed by atoms with Crippen molar-refractivity contribution in [1.82, 2.24) is 10.6 Å². The second-order valence-corrected chi connectivity index (χ2v) is 6.27. The van der Waals surface area contributed by atoms with Gasteiger partial charge < -0.3 is 15.7 Å². The highest BCUT2D eigenvalue weighted by molar-refractivity contribution is 5.79. The van der Waals surface area contributed by atoms with Crippen LogP contribution in [-0.2, 0) is 9.59 Å². The van der Waals surface area contributed by atoms with Crippen LogP contribution in [0.1, 0.15) is 50.6 Å². The van der Waals surface area contributed by atoms with Crippen LogP contribution in [0.2, 0.25) is 0 Å². The van der Waals surface area contributed by atoms with Gasteiger partial charge in [-0.15, -0.1) is 0 Å². The molecule has 1 aliphatic carbocycles. The molecule has 23 heavy (non-hydrogen) atoms. The summed E-state index contributed by atoms with van der Waals surface area (Å²) in [4.78, 5) is 23.8. The van der Waals surface area contributed by atoms with Gasteiger partial charge >= 0.3 is 0 Å². The van der Waals surface area contributed by atoms with Crippen LogP contribution in [0.5, 0.6) is 0 Å². The number of aliphatic hydroxyl groups excluding tert-OH is 1. The molecule has 1 aromatic rings. The summed E-state index contributed by atoms with van der Waals surface area (Å²) in [6, 6.07) is 9.22. The van der Waals surface area contributed by atoms with E-state index in [-0.39, 0.29) is 42.8 Å². The molecule has 3 unspecified atom stereocenters. The number of carbonyl (C=O) groups is 2. The number of hydrogen-bond donors (Lipinski definition) is 3. The van der Waals surface area contributed by atoms with E-state index in [0.717, 1.165) is 31.2 Å². The Morgan fingerprint density at radius 1 is 1.22 bits per heavy atom. The van der Waals surface area contributed by atoms with Crippen molar-refractivity contribution >= 4 is 11.8 Å². The summed E-state index contributed by atoms with van der Waals surface area (Å²) in [5, 5.41) is 15.3. The first kappa shape index (κ1) is 17.5. The molecule has 0 aromatic heterocycles. The first-order valence-corrected chi connectivity index (χ1v) is 8.32. The largest absolute Gasteiger partial charge is 0.396 e. The van der Waals surface area contributed by atoms with Gasteiger partial charge in [-0.2, -0.15) is 0 Å². The van der Waals surface area contributed by atoms with E-state index < -0.39 is 0 Å². The summed E-state index contributed by atoms with van der Waals surface area (Å²) in [7, 11) is 0. The SMILES string of the molecule is CC(=O)NC(CC(=O)NC1CCCCC1CO)c1ccccc1. The second-order valence-electron chi connectivity index (χ2n) is 6.27. The van der Waals surface area contributed by atoms with Gasteiger partial charge in [0.1, 0.15) is 0 Å². The molecule has 1 saturated carbocycles. The lowest BCUT2D eigenvalue weighted by molar-refractivity contribution is -0.123. The van der Waals surface area contributed by atoms with Crippen molar-refractivity contribution in [3.8, 4) is 0 Å². The molecule has 0 saturated heterocycles. The molecule has 0 heterocycles. The topological polar surface area (TPSA) is 78.4 Å². The summed E-state index contributed by atoms with van der Waals surface area (Å²) in [6.07, 6.45) is 4.26. The minimum absolute atomic E-state index is 0.0370. The third-order valence-corrected chi connectivity index (χ3v) is 4.46. The van der Waals surface area contributed by atoms with Gasteiger partial charge in [-0.25, -0.2) is 0 Å². The third kappa shape index (κ3) is 5.36. The van der Waals surface area contributed by atoms with Crippen LogP contribution in [0.15, 0.2) is 30.3 Å². The average molecular weight is 318 g/mol. The van der Waals surface area contributed by atoms with E-state index in [0.29, 0.717) is 0 Å². The molecule has 126 valence electrons. The van der Waals surface area contributed by atoms with Crippen LogP contribution in [0.25, 0.3) is 0 Å². The van der Waals surface area contributed by atoms with Crippen molar-refractivity contribution < 1.29 is 14.7 Å². The molecule has 1 aliphatic rings. The maximum absolute atomic E-state index is 12.4. The van der Waals surface area contributed by atoms with Crippen LogP contribution >= 0.6 is 0 Å². The van der Waals surface area contributed by atoms with Crippen molar-refractivity contribution in [3.63, 3.8) is 0 Å². The maximum Gasteiger partial charge on any atom is 0.222 e. The van der Waals surface area contributed by atoms with Gasteiger partial charge in [-0.1, -0.05) is 43.2 Å². The van der Waals surface area contributed by atoms with Crippen LogP contribution in [0, 0.1) is 5.92 Å². The first-order chi connectivity index (χ1) is 11.1. The fraction of sp³-hybridized carbons (Fsp3) is 0.556. The molecule has 0 bridgehead atoms. The lowest BCUT2D eigenvalue weighted by Gasteiger charge is -2.31. The highest BCUT2D eigenvalue weighted by Gasteiger charge is 2.27. The fourth-order valence-electron chi connectivity index (χ4n) is 3.25. The molecule has 0 spiro atoms. The van der Waals surface area contributed by atoms with Crippen molar-refractivity contribution in [2.75, 3.05) is 6.61 Å². The van der Waals surface area contributed by atoms with E-state index in [2.05, 4.69) is 10.6 Å². The summed E-state index contributed by atoms with van der Waals surface area (Å²) in [6.45, 7) is 1.57. The number of carbonyl (C=O) groups excluding carboxylic acids is 2. The van der Waals surface area contributed by atoms with E-state index >= 15 is 0 Å². The van der Waals surface area contributed by atoms with Gasteiger partial charge in [0.15, 0.2) is 0 Å². The zero-order valence-corrected chi connectivity index (χ0v) is 13.6. The predicted molar refractivity (Wildman–Crippen MR) is 88.6 cm³/mol. The van der Waals surface area contributed by atoms with Crippen molar-refractivity contribution in [2.45, 2.75) is 51.1 Å². The van der Waals surface area contributed by atoms with E-state index in [1.54, 1.807) is 0 Å². The number of aliphatic hydroxyl groups is 1. The molecule has 0 aliphatic heterocycles. The van der Waals surface area contributed by atoms with Gasteiger partial charge in [0, 0.05) is 25.5 Å². The van der Waals surface area contributed by atoms with Crippen molar-refractivity contribution in [3.05, 3.63) is 35.9 Å². The van der Waals surface area contributed by atoms with Crippen LogP contribution in [0.3, 0.4) is 0 Å². The Labute approximate surface area is 137 Å². The standard InChI is InChI=1S/C18H26N2O3/c1-13(22)19-17(14-7-3-2-4-8-14)11-18(23)20-16-10-6-5-9-15(16)12-21/h2-4,7-8,15-17,21H,5-6,9-12H2,1H3,(H,19,22)(H,20,23). The number of rotatable bonds is 6. The van der Waals surface area contributed by atoms with Gasteiger partial charge in [0.05, 0.1) is 12.5 Å². The molecule has 2 rings (SSSR count). The van der Waals surface area contributed by atoms with Gasteiger partial charge in [-0.3, -0.25) is 9.59 Å². The Hall–Kier alpha value is -1.88. The molecule has 3 atom stereocenters. The number of nitrogens with one attached hydrogen (secondary N) is 2. The smallest absolute Gasteiger partial charge is 0.222 e. The van der Waals surface area contributed by atoms with Gasteiger partial charge in [-0.05, 0) is 18.4 Å². The lowest BCUT2D eigenvalue weighted by Crippen LogP contribution is -2.44. The second kappa shape index (κ2) is 8.67. The number of benzene rings is 1. The Kier molecular flexibility index (Phi) is 6.59. The molecular formula is C18H26N2O3. The Morgan fingerprint density at radius 2 is 1.91 bits per heavy atom. The zero-order valence-electron chi connectivity index (χ0n) is 13.6. The summed E-state index contributed by atoms with van der Waals surface area (Å²) in [5.74, 6) is -0.0980. The Balaban J connectivity index is 1.98. The summed E-state index contributed by atoms with van der Waals surface area (Å²) < 4.78 is 0. The molecule has 5 nitrogen and oxygen atoms in total. The fourth-order valence-corrected chi connectivity index (χ4v) is 3.25. The number of hydrogen-bond acceptors (Lipinski definition) is 3. The number of amides is 2. The Bertz CT molecular complexity index is 518. The van der Waals surface area contributed by atoms with Crippen LogP contribution in [0.4, 0.5) is 0 Å². The third-order valence-electron chi connectivity index (χ3n) is 4.46. The predicted octanol–water partition coefficient (Wildman–Crippen LogP) is 1.92. The van der Waals surface area contributed by atoms with Crippen molar-refractivity contribution in [2.24, 2.45) is 5.92 Å². The summed E-state index contributed by atoms with van der Waals surface area (Å²) >= 11 is 0. The minimum atomic E-state index is -0.329. The maximum atomic E-state index is 12.4. The normalized spacial score (nSPS) is 22.2. The van der Waals surface area contributed by atoms with E-state index in [9.17, 15) is 14.7 Å². The zero-order chi connectivity index (χ0) is 16.7. The average Bonchev–Trinajstić information content (AvgIpc) is 2.55. The molecular weight excluding hydrogens is 292 g/mol. The van der Waals surface area contributed by atoms with Crippen LogP contribution < -0.4 is 10.6 Å². The molecule has 5 heteroatoms. The van der Waals surface area contributed by atoms with E-state index in [1.807, 2.05) is 30.3 Å². The highest BCUT2D eigenvalue weighted by Crippen LogP contribution is 2.24. The lowest BCUT2D eigenvalue weighted by atomic mass is 9.85. The molecule has 3 N–H and O–H groups in total. The molecule has 1 fully saturated rings. The highest BCUT2D eigenvalue weighted by atomic mass is 16.3. The molecule has 0 radical (unpaired) electrons. The first-order valence-electron chi connectivity index (χ1n) is 8.32. The van der Waals surface area contributed by atoms with Crippen LogP contribution in [-0.4, -0.2) is 29.6 Å². The van der Waals surface area contributed by atoms with E-state index in [4.69, 9.17) is 0 Å². The summed E-state index contributed by atoms with van der Waals surface area (Å²) in [5.41, 5.74) is 0.917. The van der Waals surface area contributed by atoms with Gasteiger partial charge in [0.2, 0.25) is 11.8 Å². The monoisotopic (exact) mass is 318 g/mol. The van der Waals surface area contributed by atoms with E-state index in [1.165, 1.54) is 6.92 Å². The molecule has 2 amide bonds. The van der Waals surface area contributed by atoms with Crippen molar-refractivity contribution in [1.29, 1.82) is 0 Å². The van der Waals surface area contributed by atoms with Gasteiger partial charge in [0.25, 0.3) is 0 Å². The minimum Gasteiger partial charge on any atom is -0.396 e.